The number of aliphatic hydroxyl groups is 1. The lowest BCUT2D eigenvalue weighted by atomic mass is 9.93. The van der Waals surface area contributed by atoms with Gasteiger partial charge < -0.3 is 10.8 Å². The average molecular weight is 493 g/mol. The van der Waals surface area contributed by atoms with Gasteiger partial charge in [-0.25, -0.2) is 4.39 Å². The summed E-state index contributed by atoms with van der Waals surface area (Å²) in [6, 6.07) is 18.7. The van der Waals surface area contributed by atoms with E-state index in [1.54, 1.807) is 12.1 Å². The molecule has 0 fully saturated rings. The van der Waals surface area contributed by atoms with Crippen LogP contribution in [0.3, 0.4) is 0 Å². The number of hydrogen-bond acceptors (Lipinski definition) is 5. The van der Waals surface area contributed by atoms with E-state index in [-0.39, 0.29) is 19.0 Å². The molecule has 3 aromatic rings. The van der Waals surface area contributed by atoms with Crippen molar-refractivity contribution in [2.75, 3.05) is 13.2 Å². The van der Waals surface area contributed by atoms with Crippen LogP contribution in [0.1, 0.15) is 17.5 Å². The highest BCUT2D eigenvalue weighted by molar-refractivity contribution is 7.99. The molecule has 0 aromatic heterocycles. The Balaban J connectivity index is 1.72. The molecule has 0 radical (unpaired) electrons. The van der Waals surface area contributed by atoms with Gasteiger partial charge in [-0.1, -0.05) is 59.3 Å². The van der Waals surface area contributed by atoms with Crippen molar-refractivity contribution in [1.82, 2.24) is 0 Å². The Morgan fingerprint density at radius 1 is 1.12 bits per heavy atom. The second-order valence-electron chi connectivity index (χ2n) is 7.76. The lowest BCUT2D eigenvalue weighted by Gasteiger charge is -2.24. The number of benzene rings is 3. The van der Waals surface area contributed by atoms with Crippen molar-refractivity contribution in [3.63, 3.8) is 0 Å². The van der Waals surface area contributed by atoms with Gasteiger partial charge in [0.1, 0.15) is 12.4 Å². The van der Waals surface area contributed by atoms with Crippen molar-refractivity contribution in [2.24, 2.45) is 5.73 Å². The Bertz CT molecular complexity index is 1080. The first kappa shape index (κ1) is 24.8. The third-order valence-corrected chi connectivity index (χ3v) is 6.80. The smallest absolute Gasteiger partial charge is 0.394 e. The van der Waals surface area contributed by atoms with Gasteiger partial charge in [0.25, 0.3) is 0 Å². The summed E-state index contributed by atoms with van der Waals surface area (Å²) in [6.07, 6.45) is 0.891. The van der Waals surface area contributed by atoms with Gasteiger partial charge in [-0.3, -0.25) is 0 Å². The number of nitrogens with two attached hydrogens (primary N) is 1. The summed E-state index contributed by atoms with van der Waals surface area (Å²) in [5, 5.41) is 10.0. The van der Waals surface area contributed by atoms with Gasteiger partial charge >= 0.3 is 8.69 Å². The minimum absolute atomic E-state index is 0.0146. The number of aryl methyl sites for hydroxylation is 2. The van der Waals surface area contributed by atoms with E-state index in [4.69, 9.17) is 21.9 Å². The zero-order valence-electron chi connectivity index (χ0n) is 17.6. The fourth-order valence-corrected chi connectivity index (χ4v) is 4.67. The quantitative estimate of drug-likeness (QED) is 0.330. The zero-order valence-corrected chi connectivity index (χ0v) is 20.2. The zero-order chi connectivity index (χ0) is 23.1. The molecule has 8 heteroatoms. The van der Waals surface area contributed by atoms with Gasteiger partial charge in [0, 0.05) is 20.4 Å². The molecule has 3 aromatic carbocycles. The first-order valence-corrected chi connectivity index (χ1v) is 12.1. The highest BCUT2D eigenvalue weighted by Crippen LogP contribution is 2.33. The highest BCUT2D eigenvalue weighted by atomic mass is 35.5. The summed E-state index contributed by atoms with van der Waals surface area (Å²) in [6.45, 7) is 1.72. The van der Waals surface area contributed by atoms with Crippen molar-refractivity contribution in [1.29, 1.82) is 0 Å². The molecular weight excluding hydrogens is 468 g/mol. The molecule has 0 aliphatic rings. The summed E-state index contributed by atoms with van der Waals surface area (Å²) in [5.74, 6) is -0.317. The molecule has 0 spiro atoms. The molecule has 0 bridgehead atoms. The maximum absolute atomic E-state index is 14.9. The first-order valence-electron chi connectivity index (χ1n) is 10.0. The largest absolute Gasteiger partial charge is 0.494 e. The number of rotatable bonds is 10. The van der Waals surface area contributed by atoms with Gasteiger partial charge in [0.05, 0.1) is 12.1 Å². The van der Waals surface area contributed by atoms with Crippen LogP contribution in [0.15, 0.2) is 70.5 Å². The van der Waals surface area contributed by atoms with Crippen LogP contribution < -0.4 is 5.73 Å². The molecule has 0 amide bonds. The van der Waals surface area contributed by atoms with Crippen LogP contribution >= 0.6 is 32.0 Å². The van der Waals surface area contributed by atoms with Crippen molar-refractivity contribution in [3.05, 3.63) is 82.6 Å². The Hall–Kier alpha value is -1.79. The van der Waals surface area contributed by atoms with E-state index in [9.17, 15) is 14.1 Å². The van der Waals surface area contributed by atoms with E-state index in [1.165, 1.54) is 23.4 Å². The Labute approximate surface area is 198 Å². The molecule has 0 aliphatic carbocycles. The monoisotopic (exact) mass is 492 g/mol. The lowest BCUT2D eigenvalue weighted by Crippen LogP contribution is -2.47. The Morgan fingerprint density at radius 3 is 2.47 bits per heavy atom. The van der Waals surface area contributed by atoms with E-state index in [2.05, 4.69) is 0 Å². The second-order valence-corrected chi connectivity index (χ2v) is 9.76. The maximum atomic E-state index is 14.9. The molecule has 0 aliphatic heterocycles. The summed E-state index contributed by atoms with van der Waals surface area (Å²) in [7, 11) is -0.930. The SMILES string of the molecule is Cc1ccc(Sc2ccc(-c3ccc(CCC(N)(CO)CO[PH+]=O)c(Cl)c3)c(F)c2)cc1. The van der Waals surface area contributed by atoms with Crippen LogP contribution in [-0.2, 0) is 15.5 Å². The third kappa shape index (κ3) is 6.61. The van der Waals surface area contributed by atoms with Gasteiger partial charge in [-0.15, -0.1) is 4.52 Å². The minimum atomic E-state index is -1.00. The van der Waals surface area contributed by atoms with E-state index in [0.717, 1.165) is 15.4 Å². The van der Waals surface area contributed by atoms with Gasteiger partial charge in [0.15, 0.2) is 0 Å². The van der Waals surface area contributed by atoms with Crippen LogP contribution in [-0.4, -0.2) is 23.9 Å². The summed E-state index contributed by atoms with van der Waals surface area (Å²) >= 11 is 7.96. The average Bonchev–Trinajstić information content (AvgIpc) is 2.78. The normalized spacial score (nSPS) is 13.3. The molecule has 2 unspecified atom stereocenters. The van der Waals surface area contributed by atoms with Crippen molar-refractivity contribution in [3.8, 4) is 11.1 Å². The third-order valence-electron chi connectivity index (χ3n) is 5.19. The molecule has 2 atom stereocenters. The molecule has 0 saturated carbocycles. The summed E-state index contributed by atoms with van der Waals surface area (Å²) < 4.78 is 30.3. The molecule has 3 N–H and O–H groups in total. The molecular formula is C24H25ClFNO3PS+. The fraction of sp³-hybridized carbons (Fsp3) is 0.250. The van der Waals surface area contributed by atoms with E-state index >= 15 is 0 Å². The van der Waals surface area contributed by atoms with Crippen LogP contribution in [0.5, 0.6) is 0 Å². The molecule has 0 saturated heterocycles. The molecule has 3 rings (SSSR count). The predicted octanol–water partition coefficient (Wildman–Crippen LogP) is 6.18. The van der Waals surface area contributed by atoms with Crippen LogP contribution in [0.25, 0.3) is 11.1 Å². The van der Waals surface area contributed by atoms with Crippen molar-refractivity contribution >= 4 is 32.0 Å². The topological polar surface area (TPSA) is 72.6 Å². The Kier molecular flexibility index (Phi) is 8.83. The Morgan fingerprint density at radius 2 is 1.84 bits per heavy atom. The number of halogens is 2. The second kappa shape index (κ2) is 11.4. The van der Waals surface area contributed by atoms with Gasteiger partial charge in [-0.2, -0.15) is 0 Å². The maximum Gasteiger partial charge on any atom is 0.494 e. The minimum Gasteiger partial charge on any atom is -0.394 e. The van der Waals surface area contributed by atoms with Gasteiger partial charge in [0.2, 0.25) is 0 Å². The summed E-state index contributed by atoms with van der Waals surface area (Å²) in [5.41, 5.74) is 8.25. The number of hydrogen-bond donors (Lipinski definition) is 2. The predicted molar refractivity (Wildman–Crippen MR) is 129 cm³/mol. The van der Waals surface area contributed by atoms with E-state index in [1.807, 2.05) is 49.4 Å². The van der Waals surface area contributed by atoms with Gasteiger partial charge in [-0.05, 0) is 65.8 Å². The first-order chi connectivity index (χ1) is 15.3. The summed E-state index contributed by atoms with van der Waals surface area (Å²) in [4.78, 5) is 1.87. The highest BCUT2D eigenvalue weighted by Gasteiger charge is 2.26. The molecule has 4 nitrogen and oxygen atoms in total. The van der Waals surface area contributed by atoms with Crippen LogP contribution in [0.2, 0.25) is 5.02 Å². The molecule has 0 heterocycles. The molecule has 32 heavy (non-hydrogen) atoms. The van der Waals surface area contributed by atoms with Crippen LogP contribution in [0, 0.1) is 12.7 Å². The lowest BCUT2D eigenvalue weighted by molar-refractivity contribution is 0.133. The van der Waals surface area contributed by atoms with E-state index in [0.29, 0.717) is 29.0 Å². The van der Waals surface area contributed by atoms with Crippen molar-refractivity contribution in [2.45, 2.75) is 35.1 Å². The van der Waals surface area contributed by atoms with E-state index < -0.39 is 14.2 Å². The van der Waals surface area contributed by atoms with Crippen molar-refractivity contribution < 1.29 is 18.6 Å². The number of aliphatic hydroxyl groups excluding tert-OH is 1. The molecule has 168 valence electrons. The fourth-order valence-electron chi connectivity index (χ4n) is 3.21. The van der Waals surface area contributed by atoms with Crippen LogP contribution in [0.4, 0.5) is 4.39 Å². The standard InChI is InChI=1S/C24H25ClFNO3PS/c1-16-2-6-19(7-3-16)32-20-8-9-21(23(26)13-20)18-5-4-17(22(25)12-18)10-11-24(27,14-28)15-30-31-29/h2-9,12-13,28,31H,10-11,14-15,27H2,1H3/q+1.